The molecule has 152 valence electrons. The van der Waals surface area contributed by atoms with Crippen molar-refractivity contribution in [3.05, 3.63) is 52.3 Å². The Morgan fingerprint density at radius 3 is 2.72 bits per heavy atom. The lowest BCUT2D eigenvalue weighted by atomic mass is 10.3. The molecule has 10 heteroatoms. The number of nitrogens with one attached hydrogen (secondary N) is 2. The summed E-state index contributed by atoms with van der Waals surface area (Å²) in [5.41, 5.74) is 1.61. The number of anilines is 2. The topological polar surface area (TPSA) is 102 Å². The Morgan fingerprint density at radius 1 is 1.24 bits per heavy atom. The van der Waals surface area contributed by atoms with Crippen molar-refractivity contribution in [1.82, 2.24) is 14.9 Å². The third kappa shape index (κ3) is 5.70. The first kappa shape index (κ1) is 21.1. The first-order valence-electron chi connectivity index (χ1n) is 8.80. The lowest BCUT2D eigenvalue weighted by molar-refractivity contribution is -0.115. The fourth-order valence-corrected chi connectivity index (χ4v) is 3.57. The summed E-state index contributed by atoms with van der Waals surface area (Å²) in [6.07, 6.45) is 0. The second kappa shape index (κ2) is 9.27. The number of thioether (sulfide) groups is 1. The van der Waals surface area contributed by atoms with Gasteiger partial charge in [-0.15, -0.1) is 11.8 Å². The number of carbonyl (C=O) groups excluding carboxylic acids is 2. The van der Waals surface area contributed by atoms with E-state index in [0.717, 1.165) is 15.9 Å². The van der Waals surface area contributed by atoms with Crippen molar-refractivity contribution in [2.45, 2.75) is 26.0 Å². The number of benzene rings is 1. The van der Waals surface area contributed by atoms with E-state index in [2.05, 4.69) is 36.8 Å². The van der Waals surface area contributed by atoms with Crippen LogP contribution in [0.5, 0.6) is 0 Å². The lowest BCUT2D eigenvalue weighted by Crippen LogP contribution is -2.25. The number of aryl methyl sites for hydroxylation is 2. The van der Waals surface area contributed by atoms with Crippen molar-refractivity contribution in [3.63, 3.8) is 0 Å². The smallest absolute Gasteiger partial charge is 0.238 e. The molecular weight excluding hydrogens is 458 g/mol. The van der Waals surface area contributed by atoms with Gasteiger partial charge in [0, 0.05) is 16.6 Å². The van der Waals surface area contributed by atoms with Gasteiger partial charge in [0.05, 0.1) is 22.4 Å². The number of carbonyl (C=O) groups is 2. The Labute approximate surface area is 180 Å². The second-order valence-corrected chi connectivity index (χ2v) is 8.62. The van der Waals surface area contributed by atoms with Crippen molar-refractivity contribution >= 4 is 51.1 Å². The summed E-state index contributed by atoms with van der Waals surface area (Å²) in [5, 5.41) is 13.3. The molecule has 0 spiro atoms. The zero-order valence-electron chi connectivity index (χ0n) is 16.1. The number of halogens is 1. The van der Waals surface area contributed by atoms with Gasteiger partial charge in [-0.3, -0.25) is 9.59 Å². The molecule has 0 aliphatic heterocycles. The van der Waals surface area contributed by atoms with Crippen molar-refractivity contribution < 1.29 is 14.1 Å². The van der Waals surface area contributed by atoms with Gasteiger partial charge in [0.2, 0.25) is 11.8 Å². The molecule has 0 radical (unpaired) electrons. The molecule has 29 heavy (non-hydrogen) atoms. The van der Waals surface area contributed by atoms with Gasteiger partial charge >= 0.3 is 0 Å². The maximum atomic E-state index is 12.4. The van der Waals surface area contributed by atoms with Crippen LogP contribution in [0.2, 0.25) is 0 Å². The van der Waals surface area contributed by atoms with Gasteiger partial charge in [-0.1, -0.05) is 27.2 Å². The quantitative estimate of drug-likeness (QED) is 0.534. The second-order valence-electron chi connectivity index (χ2n) is 6.38. The van der Waals surface area contributed by atoms with E-state index >= 15 is 0 Å². The first-order chi connectivity index (χ1) is 13.8. The summed E-state index contributed by atoms with van der Waals surface area (Å²) in [6, 6.07) is 11.1. The average Bonchev–Trinajstić information content (AvgIpc) is 3.24. The largest absolute Gasteiger partial charge is 0.360 e. The van der Waals surface area contributed by atoms with Crippen LogP contribution in [0.25, 0.3) is 5.69 Å². The zero-order chi connectivity index (χ0) is 21.0. The van der Waals surface area contributed by atoms with Crippen LogP contribution in [0.1, 0.15) is 18.4 Å². The molecule has 1 unspecified atom stereocenters. The van der Waals surface area contributed by atoms with Crippen LogP contribution >= 0.6 is 27.7 Å². The van der Waals surface area contributed by atoms with E-state index < -0.39 is 5.25 Å². The molecule has 0 aliphatic rings. The van der Waals surface area contributed by atoms with Gasteiger partial charge in [0.1, 0.15) is 11.6 Å². The fourth-order valence-electron chi connectivity index (χ4n) is 2.50. The summed E-state index contributed by atoms with van der Waals surface area (Å²) in [4.78, 5) is 24.6. The fraction of sp³-hybridized carbons (Fsp3) is 0.263. The van der Waals surface area contributed by atoms with E-state index in [-0.39, 0.29) is 17.6 Å². The van der Waals surface area contributed by atoms with Crippen LogP contribution in [-0.4, -0.2) is 37.8 Å². The Hall–Kier alpha value is -2.59. The maximum Gasteiger partial charge on any atom is 0.238 e. The third-order valence-electron chi connectivity index (χ3n) is 3.86. The van der Waals surface area contributed by atoms with Crippen molar-refractivity contribution in [3.8, 4) is 5.69 Å². The molecular formula is C19H20BrN5O3S. The number of hydrogen-bond acceptors (Lipinski definition) is 6. The first-order valence-corrected chi connectivity index (χ1v) is 10.6. The van der Waals surface area contributed by atoms with Crippen molar-refractivity contribution in [2.24, 2.45) is 0 Å². The minimum Gasteiger partial charge on any atom is -0.360 e. The van der Waals surface area contributed by atoms with Gasteiger partial charge in [-0.2, -0.15) is 5.10 Å². The predicted octanol–water partition coefficient (Wildman–Crippen LogP) is 3.94. The van der Waals surface area contributed by atoms with Crippen molar-refractivity contribution in [2.75, 3.05) is 16.4 Å². The highest BCUT2D eigenvalue weighted by molar-refractivity contribution is 9.10. The number of aromatic nitrogens is 3. The number of rotatable bonds is 7. The molecule has 8 nitrogen and oxygen atoms in total. The highest BCUT2D eigenvalue weighted by Crippen LogP contribution is 2.21. The molecule has 3 rings (SSSR count). The van der Waals surface area contributed by atoms with Crippen LogP contribution in [0.15, 0.2) is 45.4 Å². The van der Waals surface area contributed by atoms with Gasteiger partial charge in [0.25, 0.3) is 0 Å². The molecule has 0 fully saturated rings. The summed E-state index contributed by atoms with van der Waals surface area (Å²) < 4.78 is 7.51. The molecule has 2 heterocycles. The maximum absolute atomic E-state index is 12.4. The molecule has 3 aromatic rings. The molecule has 0 saturated carbocycles. The summed E-state index contributed by atoms with van der Waals surface area (Å²) in [6.45, 7) is 5.33. The van der Waals surface area contributed by atoms with Gasteiger partial charge in [-0.25, -0.2) is 4.68 Å². The van der Waals surface area contributed by atoms with E-state index in [4.69, 9.17) is 4.52 Å². The van der Waals surface area contributed by atoms with E-state index in [1.54, 1.807) is 30.7 Å². The van der Waals surface area contributed by atoms with Crippen LogP contribution < -0.4 is 10.6 Å². The molecule has 2 amide bonds. The van der Waals surface area contributed by atoms with E-state index in [1.807, 2.05) is 31.2 Å². The number of nitrogens with zero attached hydrogens (tertiary/aromatic N) is 3. The Bertz CT molecular complexity index is 1030. The number of hydrogen-bond donors (Lipinski definition) is 2. The standard InChI is InChI=1S/C19H20BrN5O3S/c1-11-7-17(25(23-11)15-6-4-5-14(20)9-15)22-18(26)10-29-13(3)19(27)21-16-8-12(2)28-24-16/h4-9,13H,10H2,1-3H3,(H,22,26)(H,21,24,27). The summed E-state index contributed by atoms with van der Waals surface area (Å²) in [5.74, 6) is 1.19. The third-order valence-corrected chi connectivity index (χ3v) is 5.50. The normalized spacial score (nSPS) is 11.9. The highest BCUT2D eigenvalue weighted by Gasteiger charge is 2.18. The SMILES string of the molecule is Cc1cc(NC(=O)CSC(C)C(=O)Nc2cc(C)on2)n(-c2cccc(Br)c2)n1. The minimum atomic E-state index is -0.436. The van der Waals surface area contributed by atoms with Crippen molar-refractivity contribution in [1.29, 1.82) is 0 Å². The molecule has 2 aromatic heterocycles. The lowest BCUT2D eigenvalue weighted by Gasteiger charge is -2.12. The summed E-state index contributed by atoms with van der Waals surface area (Å²) in [7, 11) is 0. The number of amides is 2. The average molecular weight is 478 g/mol. The zero-order valence-corrected chi connectivity index (χ0v) is 18.5. The Kier molecular flexibility index (Phi) is 6.75. The molecule has 1 atom stereocenters. The minimum absolute atomic E-state index is 0.120. The summed E-state index contributed by atoms with van der Waals surface area (Å²) >= 11 is 4.67. The van der Waals surface area contributed by atoms with Crippen LogP contribution in [0, 0.1) is 13.8 Å². The highest BCUT2D eigenvalue weighted by atomic mass is 79.9. The molecule has 0 aliphatic carbocycles. The molecule has 0 bridgehead atoms. The monoisotopic (exact) mass is 477 g/mol. The van der Waals surface area contributed by atoms with Crippen LogP contribution in [0.4, 0.5) is 11.6 Å². The Morgan fingerprint density at radius 2 is 2.03 bits per heavy atom. The van der Waals surface area contributed by atoms with Gasteiger partial charge in [0.15, 0.2) is 5.82 Å². The predicted molar refractivity (Wildman–Crippen MR) is 116 cm³/mol. The Balaban J connectivity index is 1.58. The van der Waals surface area contributed by atoms with E-state index in [0.29, 0.717) is 17.4 Å². The van der Waals surface area contributed by atoms with Crippen LogP contribution in [-0.2, 0) is 9.59 Å². The van der Waals surface area contributed by atoms with E-state index in [1.165, 1.54) is 11.8 Å². The molecule has 1 aromatic carbocycles. The van der Waals surface area contributed by atoms with Gasteiger partial charge in [-0.05, 0) is 39.0 Å². The van der Waals surface area contributed by atoms with Crippen LogP contribution in [0.3, 0.4) is 0 Å². The molecule has 0 saturated heterocycles. The van der Waals surface area contributed by atoms with Gasteiger partial charge < -0.3 is 15.2 Å². The van der Waals surface area contributed by atoms with E-state index in [9.17, 15) is 9.59 Å². The molecule has 2 N–H and O–H groups in total.